The molecule has 0 aliphatic heterocycles. The Labute approximate surface area is 113 Å². The van der Waals surface area contributed by atoms with Crippen LogP contribution in [0.25, 0.3) is 10.8 Å². The molecule has 0 bridgehead atoms. The highest BCUT2D eigenvalue weighted by molar-refractivity contribution is 5.94. The molecule has 0 unspecified atom stereocenters. The van der Waals surface area contributed by atoms with Gasteiger partial charge in [-0.05, 0) is 30.3 Å². The zero-order valence-electron chi connectivity index (χ0n) is 10.3. The summed E-state index contributed by atoms with van der Waals surface area (Å²) in [6.45, 7) is 0. The first-order chi connectivity index (χ1) is 9.67. The minimum atomic E-state index is -0.0935. The number of rotatable bonds is 3. The van der Waals surface area contributed by atoms with Crippen LogP contribution in [0.5, 0.6) is 11.8 Å². The van der Waals surface area contributed by atoms with E-state index in [4.69, 9.17) is 5.53 Å². The average Bonchev–Trinajstić information content (AvgIpc) is 2.74. The minimum Gasteiger partial charge on any atom is -0.494 e. The van der Waals surface area contributed by atoms with Crippen molar-refractivity contribution >= 4 is 28.1 Å². The first-order valence-corrected chi connectivity index (χ1v) is 5.82. The van der Waals surface area contributed by atoms with Gasteiger partial charge in [0.1, 0.15) is 5.82 Å². The summed E-state index contributed by atoms with van der Waals surface area (Å²) in [5.41, 5.74) is 7.62. The fourth-order valence-corrected chi connectivity index (χ4v) is 1.97. The third-order valence-electron chi connectivity index (χ3n) is 2.89. The van der Waals surface area contributed by atoms with E-state index in [0.717, 1.165) is 0 Å². The lowest BCUT2D eigenvalue weighted by atomic mass is 10.2. The molecule has 2 aromatic heterocycles. The Morgan fingerprint density at radius 2 is 1.90 bits per heavy atom. The Morgan fingerprint density at radius 3 is 2.70 bits per heavy atom. The van der Waals surface area contributed by atoms with Gasteiger partial charge in [0.25, 0.3) is 0 Å². The molecule has 3 rings (SSSR count). The third-order valence-corrected chi connectivity index (χ3v) is 2.89. The van der Waals surface area contributed by atoms with Crippen LogP contribution >= 0.6 is 0 Å². The number of benzene rings is 1. The van der Waals surface area contributed by atoms with E-state index in [1.165, 1.54) is 0 Å². The third kappa shape index (κ3) is 2.01. The lowest BCUT2D eigenvalue weighted by Gasteiger charge is -2.06. The molecular weight excluding hydrogens is 258 g/mol. The number of aromatic hydroxyl groups is 2. The smallest absolute Gasteiger partial charge is 0.199 e. The van der Waals surface area contributed by atoms with Gasteiger partial charge in [0.05, 0.1) is 0 Å². The average molecular weight is 269 g/mol. The molecule has 0 aliphatic rings. The number of nitrogens with zero attached hydrogens (tertiary/aromatic N) is 2. The summed E-state index contributed by atoms with van der Waals surface area (Å²) in [6.07, 6.45) is 0. The van der Waals surface area contributed by atoms with E-state index in [-0.39, 0.29) is 11.8 Å². The molecule has 0 saturated heterocycles. The van der Waals surface area contributed by atoms with Crippen molar-refractivity contribution < 1.29 is 10.2 Å². The quantitative estimate of drug-likeness (QED) is 0.468. The summed E-state index contributed by atoms with van der Waals surface area (Å²) in [4.78, 5) is 6.56. The van der Waals surface area contributed by atoms with E-state index in [1.807, 2.05) is 0 Å². The number of aromatic amines is 1. The molecule has 0 spiro atoms. The summed E-state index contributed by atoms with van der Waals surface area (Å²) in [5, 5.41) is 26.6. The molecule has 2 heterocycles. The molecule has 0 fully saturated rings. The molecule has 1 aromatic carbocycles. The van der Waals surface area contributed by atoms with Gasteiger partial charge in [-0.3, -0.25) is 4.98 Å². The van der Waals surface area contributed by atoms with Crippen LogP contribution < -0.4 is 5.32 Å². The van der Waals surface area contributed by atoms with Crippen LogP contribution in [-0.4, -0.2) is 20.2 Å². The summed E-state index contributed by atoms with van der Waals surface area (Å²) in [5.74, 6) is 0.677. The molecule has 0 amide bonds. The molecular formula is C13H11N5O2. The Morgan fingerprint density at radius 1 is 1.10 bits per heavy atom. The molecule has 7 nitrogen and oxygen atoms in total. The summed E-state index contributed by atoms with van der Waals surface area (Å²) < 4.78 is 0. The van der Waals surface area contributed by atoms with Crippen molar-refractivity contribution in [1.29, 1.82) is 5.53 Å². The topological polar surface area (TPSA) is 117 Å². The second-order valence-corrected chi connectivity index (χ2v) is 4.20. The summed E-state index contributed by atoms with van der Waals surface area (Å²) in [6, 6.07) is 10.2. The SMILES string of the molecule is N=Nc1cccc(Nc2ccc3c(O)[nH]c(O)c3c2)n1. The monoisotopic (exact) mass is 269 g/mol. The van der Waals surface area contributed by atoms with Crippen LogP contribution in [0.4, 0.5) is 17.3 Å². The van der Waals surface area contributed by atoms with Crippen LogP contribution in [0.3, 0.4) is 0 Å². The van der Waals surface area contributed by atoms with Gasteiger partial charge < -0.3 is 15.5 Å². The Hall–Kier alpha value is -3.09. The fourth-order valence-electron chi connectivity index (χ4n) is 1.97. The maximum atomic E-state index is 9.67. The van der Waals surface area contributed by atoms with Crippen molar-refractivity contribution in [2.75, 3.05) is 5.32 Å². The van der Waals surface area contributed by atoms with Gasteiger partial charge >= 0.3 is 0 Å². The second kappa shape index (κ2) is 4.54. The van der Waals surface area contributed by atoms with Gasteiger partial charge in [-0.15, -0.1) is 5.11 Å². The van der Waals surface area contributed by atoms with Gasteiger partial charge in [0, 0.05) is 16.5 Å². The minimum absolute atomic E-state index is 0.0721. The number of hydrogen-bond donors (Lipinski definition) is 5. The lowest BCUT2D eigenvalue weighted by molar-refractivity contribution is 0.429. The van der Waals surface area contributed by atoms with Gasteiger partial charge in [-0.2, -0.15) is 0 Å². The molecule has 100 valence electrons. The van der Waals surface area contributed by atoms with Gasteiger partial charge in [0.2, 0.25) is 0 Å². The van der Waals surface area contributed by atoms with E-state index in [2.05, 4.69) is 20.4 Å². The summed E-state index contributed by atoms with van der Waals surface area (Å²) >= 11 is 0. The zero-order chi connectivity index (χ0) is 14.1. The zero-order valence-corrected chi connectivity index (χ0v) is 10.3. The van der Waals surface area contributed by atoms with Crippen molar-refractivity contribution in [3.05, 3.63) is 36.4 Å². The number of aromatic nitrogens is 2. The van der Waals surface area contributed by atoms with Crippen molar-refractivity contribution in [2.24, 2.45) is 5.11 Å². The largest absolute Gasteiger partial charge is 0.494 e. The Kier molecular flexibility index (Phi) is 2.72. The summed E-state index contributed by atoms with van der Waals surface area (Å²) in [7, 11) is 0. The fraction of sp³-hybridized carbons (Fsp3) is 0. The molecule has 7 heteroatoms. The second-order valence-electron chi connectivity index (χ2n) is 4.20. The first-order valence-electron chi connectivity index (χ1n) is 5.82. The van der Waals surface area contributed by atoms with Crippen LogP contribution in [0.2, 0.25) is 0 Å². The number of H-pyrrole nitrogens is 1. The molecule has 0 atom stereocenters. The Bertz CT molecular complexity index is 797. The molecule has 0 radical (unpaired) electrons. The predicted molar refractivity (Wildman–Crippen MR) is 74.0 cm³/mol. The van der Waals surface area contributed by atoms with Gasteiger partial charge in [-0.1, -0.05) is 6.07 Å². The molecule has 0 saturated carbocycles. The van der Waals surface area contributed by atoms with E-state index in [9.17, 15) is 10.2 Å². The Balaban J connectivity index is 1.98. The maximum Gasteiger partial charge on any atom is 0.199 e. The normalized spacial score (nSPS) is 10.6. The van der Waals surface area contributed by atoms with Crippen molar-refractivity contribution in [3.8, 4) is 11.8 Å². The number of pyridine rings is 1. The highest BCUT2D eigenvalue weighted by Crippen LogP contribution is 2.34. The maximum absolute atomic E-state index is 9.67. The highest BCUT2D eigenvalue weighted by atomic mass is 16.3. The highest BCUT2D eigenvalue weighted by Gasteiger charge is 2.09. The van der Waals surface area contributed by atoms with Crippen LogP contribution in [-0.2, 0) is 0 Å². The van der Waals surface area contributed by atoms with E-state index < -0.39 is 0 Å². The van der Waals surface area contributed by atoms with E-state index in [1.54, 1.807) is 36.4 Å². The van der Waals surface area contributed by atoms with E-state index >= 15 is 0 Å². The van der Waals surface area contributed by atoms with Crippen LogP contribution in [0.1, 0.15) is 0 Å². The predicted octanol–water partition coefficient (Wildman–Crippen LogP) is 3.38. The molecule has 0 aliphatic carbocycles. The standard InChI is InChI=1S/C13H11N5O2/c14-18-11-3-1-2-10(16-11)15-7-4-5-8-9(6-7)13(20)17-12(8)19/h1-6,14,17,19-20H,(H,15,16). The number of nitrogens with one attached hydrogen (secondary N) is 3. The first kappa shape index (κ1) is 12.0. The number of anilines is 2. The molecule has 20 heavy (non-hydrogen) atoms. The van der Waals surface area contributed by atoms with Crippen LogP contribution in [0.15, 0.2) is 41.5 Å². The van der Waals surface area contributed by atoms with Gasteiger partial charge in [-0.25, -0.2) is 10.5 Å². The van der Waals surface area contributed by atoms with Crippen molar-refractivity contribution in [3.63, 3.8) is 0 Å². The van der Waals surface area contributed by atoms with Crippen molar-refractivity contribution in [2.45, 2.75) is 0 Å². The number of hydrogen-bond acceptors (Lipinski definition) is 6. The van der Waals surface area contributed by atoms with E-state index in [0.29, 0.717) is 28.1 Å². The number of fused-ring (bicyclic) bond motifs is 1. The van der Waals surface area contributed by atoms with Gasteiger partial charge in [0.15, 0.2) is 17.6 Å². The van der Waals surface area contributed by atoms with Crippen LogP contribution in [0, 0.1) is 5.53 Å². The molecule has 3 aromatic rings. The van der Waals surface area contributed by atoms with Crippen molar-refractivity contribution in [1.82, 2.24) is 9.97 Å². The molecule has 5 N–H and O–H groups in total. The lowest BCUT2D eigenvalue weighted by Crippen LogP contribution is -1.92.